The highest BCUT2D eigenvalue weighted by molar-refractivity contribution is 9.10. The number of carbonyl (C=O) groups is 4. The van der Waals surface area contributed by atoms with Crippen LogP contribution < -0.4 is 20.7 Å². The summed E-state index contributed by atoms with van der Waals surface area (Å²) in [5.41, 5.74) is 21.0. The number of halogens is 1. The number of hydrogen-bond acceptors (Lipinski definition) is 6. The first-order chi connectivity index (χ1) is 53.0. The molecule has 0 spiro atoms. The molecule has 0 fully saturated rings. The maximum Gasteiger partial charge on any atom is 0.259 e. The topological polar surface area (TPSA) is 166 Å². The van der Waals surface area contributed by atoms with Gasteiger partial charge in [0.05, 0.1) is 70.2 Å². The fraction of sp³-hybridized carbons (Fsp3) is 0.118. The van der Waals surface area contributed by atoms with Gasteiger partial charge < -0.3 is 39.0 Å². The molecule has 5 aromatic heterocycles. The monoisotopic (exact) mass is 1500 g/mol. The predicted octanol–water partition coefficient (Wildman–Crippen LogP) is 21.5. The van der Waals surface area contributed by atoms with E-state index in [0.29, 0.717) is 33.7 Å². The molecule has 0 aliphatic rings. The molecule has 0 saturated heterocycles. The Bertz CT molecular complexity index is 5970. The molecule has 16 heteroatoms. The number of nitrogens with zero attached hydrogens (tertiary/aromatic N) is 6. The number of rotatable bonds is 18. The summed E-state index contributed by atoms with van der Waals surface area (Å²) in [5.74, 6) is 0.0686. The summed E-state index contributed by atoms with van der Waals surface area (Å²) in [6.45, 7) is 20.5. The minimum Gasteiger partial charge on any atom is -0.496 e. The average molecular weight is 1500 g/mol. The van der Waals surface area contributed by atoms with Crippen molar-refractivity contribution in [2.24, 2.45) is 0 Å². The summed E-state index contributed by atoms with van der Waals surface area (Å²) < 4.78 is 14.8. The number of hydrogen-bond donors (Lipinski definition) is 4. The van der Waals surface area contributed by atoms with E-state index in [2.05, 4.69) is 226 Å². The van der Waals surface area contributed by atoms with Gasteiger partial charge in [0.1, 0.15) is 5.75 Å². The third-order valence-electron chi connectivity index (χ3n) is 19.1. The molecule has 0 atom stereocenters. The average Bonchev–Trinajstić information content (AvgIpc) is 1.66. The maximum atomic E-state index is 12.9. The molecule has 109 heavy (non-hydrogen) atoms. The number of Topliss-reactive ketones (excluding diaryl/α,β-unsaturated/α-hetero) is 1. The number of aryl methyl sites for hydroxylation is 5. The lowest BCUT2D eigenvalue weighted by atomic mass is 10.0. The molecule has 16 aromatic rings. The van der Waals surface area contributed by atoms with E-state index in [-0.39, 0.29) is 29.9 Å². The summed E-state index contributed by atoms with van der Waals surface area (Å²) in [4.78, 5) is 54.5. The first-order valence-electron chi connectivity index (χ1n) is 35.9. The van der Waals surface area contributed by atoms with E-state index in [4.69, 9.17) is 11.3 Å². The van der Waals surface area contributed by atoms with Crippen LogP contribution in [0.2, 0.25) is 0 Å². The van der Waals surface area contributed by atoms with Gasteiger partial charge in [0.2, 0.25) is 0 Å². The minimum absolute atomic E-state index is 0.0233. The Hall–Kier alpha value is -13.4. The molecule has 0 unspecified atom stereocenters. The summed E-state index contributed by atoms with van der Waals surface area (Å²) in [6, 6.07) is 88.2. The van der Waals surface area contributed by atoms with Gasteiger partial charge >= 0.3 is 0 Å². The van der Waals surface area contributed by atoms with Crippen LogP contribution in [-0.4, -0.2) is 59.1 Å². The van der Waals surface area contributed by atoms with Crippen LogP contribution in [-0.2, 0) is 32.6 Å². The Labute approximate surface area is 642 Å². The van der Waals surface area contributed by atoms with Crippen molar-refractivity contribution >= 4 is 106 Å². The van der Waals surface area contributed by atoms with Gasteiger partial charge in [-0.25, -0.2) is 4.85 Å². The molecular formula is C93H81BrN10O5. The van der Waals surface area contributed by atoms with Gasteiger partial charge in [-0.1, -0.05) is 241 Å². The van der Waals surface area contributed by atoms with Crippen LogP contribution >= 0.6 is 15.9 Å². The van der Waals surface area contributed by atoms with E-state index >= 15 is 0 Å². The van der Waals surface area contributed by atoms with E-state index in [9.17, 15) is 19.2 Å². The number of para-hydroxylation sites is 6. The lowest BCUT2D eigenvalue weighted by Gasteiger charge is -2.08. The third kappa shape index (κ3) is 17.8. The molecule has 15 nitrogen and oxygen atoms in total. The van der Waals surface area contributed by atoms with Crippen molar-refractivity contribution in [2.45, 2.75) is 67.2 Å². The zero-order valence-corrected chi connectivity index (χ0v) is 63.0. The van der Waals surface area contributed by atoms with E-state index in [1.165, 1.54) is 44.5 Å². The largest absolute Gasteiger partial charge is 0.496 e. The molecule has 11 aromatic carbocycles. The molecule has 0 saturated carbocycles. The SMILES string of the molecule is COc1ccccc1C(=O)Nc1cn(Cc2ccc(C)cc2)c2ccccc12.Cc1ccc(Cn2cc(NC(=O)c3ccccc3Br)c3ccccc32)cc1.Cc1ccc(Cn2cc(NC(=O)c3cn[nH]c3C)c3ccccc32)cc1.[C-]#[N+]c1ccccc1C(=O)Cc1cn(Cc2ccc(C)cc2)c2ccccc12. The quantitative estimate of drug-likeness (QED) is 0.0493. The summed E-state index contributed by atoms with van der Waals surface area (Å²) >= 11 is 3.45. The van der Waals surface area contributed by atoms with Crippen molar-refractivity contribution < 1.29 is 23.9 Å². The van der Waals surface area contributed by atoms with Crippen LogP contribution in [0.1, 0.15) is 97.2 Å². The first-order valence-corrected chi connectivity index (χ1v) is 36.7. The van der Waals surface area contributed by atoms with Crippen LogP contribution in [0.15, 0.2) is 302 Å². The second-order valence-electron chi connectivity index (χ2n) is 27.0. The Morgan fingerprint density at radius 3 is 1.15 bits per heavy atom. The van der Waals surface area contributed by atoms with E-state index < -0.39 is 0 Å². The maximum absolute atomic E-state index is 12.9. The van der Waals surface area contributed by atoms with Crippen molar-refractivity contribution in [3.63, 3.8) is 0 Å². The van der Waals surface area contributed by atoms with Gasteiger partial charge in [-0.3, -0.25) is 24.3 Å². The molecule has 540 valence electrons. The van der Waals surface area contributed by atoms with E-state index in [0.717, 1.165) is 103 Å². The summed E-state index contributed by atoms with van der Waals surface area (Å²) in [7, 11) is 1.57. The molecule has 0 radical (unpaired) electrons. The second-order valence-corrected chi connectivity index (χ2v) is 27.8. The number of aromatic amines is 1. The highest BCUT2D eigenvalue weighted by Gasteiger charge is 2.21. The Morgan fingerprint density at radius 2 is 0.743 bits per heavy atom. The van der Waals surface area contributed by atoms with Gasteiger partial charge in [-0.2, -0.15) is 5.10 Å². The Morgan fingerprint density at radius 1 is 0.404 bits per heavy atom. The van der Waals surface area contributed by atoms with Crippen LogP contribution in [0, 0.1) is 41.2 Å². The van der Waals surface area contributed by atoms with Crippen molar-refractivity contribution in [1.29, 1.82) is 0 Å². The fourth-order valence-electron chi connectivity index (χ4n) is 13.3. The minimum atomic E-state index is -0.185. The van der Waals surface area contributed by atoms with Gasteiger partial charge in [0, 0.05) is 100 Å². The second kappa shape index (κ2) is 34.3. The number of benzene rings is 11. The molecular weight excluding hydrogens is 1420 g/mol. The molecule has 0 bridgehead atoms. The number of anilines is 3. The lowest BCUT2D eigenvalue weighted by Crippen LogP contribution is -2.12. The van der Waals surface area contributed by atoms with Gasteiger partial charge in [-0.15, -0.1) is 0 Å². The number of ketones is 1. The molecule has 4 N–H and O–H groups in total. The number of H-pyrrole nitrogens is 1. The zero-order valence-electron chi connectivity index (χ0n) is 61.4. The molecule has 0 aliphatic carbocycles. The predicted molar refractivity (Wildman–Crippen MR) is 444 cm³/mol. The molecule has 5 heterocycles. The normalized spacial score (nSPS) is 10.8. The summed E-state index contributed by atoms with van der Waals surface area (Å²) in [6.07, 6.45) is 9.92. The van der Waals surface area contributed by atoms with Crippen molar-refractivity contribution in [3.05, 3.63) is 392 Å². The lowest BCUT2D eigenvalue weighted by molar-refractivity contribution is 0.0990. The molecule has 0 aliphatic heterocycles. The number of nitrogens with one attached hydrogen (secondary N) is 4. The van der Waals surface area contributed by atoms with Crippen molar-refractivity contribution in [1.82, 2.24) is 28.5 Å². The molecule has 16 rings (SSSR count). The smallest absolute Gasteiger partial charge is 0.259 e. The zero-order chi connectivity index (χ0) is 75.9. The number of ether oxygens (including phenoxy) is 1. The van der Waals surface area contributed by atoms with Crippen molar-refractivity contribution in [2.75, 3.05) is 23.1 Å². The first kappa shape index (κ1) is 73.9. The van der Waals surface area contributed by atoms with Crippen LogP contribution in [0.25, 0.3) is 48.5 Å². The Kier molecular flexibility index (Phi) is 23.2. The van der Waals surface area contributed by atoms with Crippen LogP contribution in [0.5, 0.6) is 5.75 Å². The Balaban J connectivity index is 0.000000128. The van der Waals surface area contributed by atoms with Crippen LogP contribution in [0.3, 0.4) is 0 Å². The van der Waals surface area contributed by atoms with E-state index in [1.807, 2.05) is 135 Å². The molecule has 3 amide bonds. The third-order valence-corrected chi connectivity index (χ3v) is 19.8. The van der Waals surface area contributed by atoms with Gasteiger partial charge in [0.25, 0.3) is 17.7 Å². The highest BCUT2D eigenvalue weighted by atomic mass is 79.9. The highest BCUT2D eigenvalue weighted by Crippen LogP contribution is 2.33. The standard InChI is InChI=1S/C25H20N2O.C24H22N2O2.C23H19BrN2O.C21H20N4O/c1-18-11-13-19(14-12-18)16-27-17-20(21-7-4-6-10-24(21)27)15-25(28)22-8-3-5-9-23(22)26-2;1-17-11-13-18(14-12-17)15-26-16-21(19-7-3-5-9-22(19)26)25-24(27)20-8-4-6-10-23(20)28-2;1-16-10-12-17(13-11-16)14-26-15-21(19-7-3-5-9-22(19)26)25-23(27)18-6-2-4-8-20(18)24;1-14-7-9-16(10-8-14)12-25-13-19(17-5-3-4-6-20(17)25)23-21(26)18-11-22-24-15(18)2/h3-14,17H,15-16H2,1H3;3-14,16H,15H2,1-2H3,(H,25,27);2-13,15H,14H2,1H3,(H,25,27);3-11,13H,12H2,1-2H3,(H,22,24)(H,23,26). The number of methoxy groups -OCH3 is 1. The number of amides is 3. The number of aromatic nitrogens is 6. The van der Waals surface area contributed by atoms with Crippen LogP contribution in [0.4, 0.5) is 22.7 Å². The van der Waals surface area contributed by atoms with Gasteiger partial charge in [-0.05, 0) is 127 Å². The van der Waals surface area contributed by atoms with Crippen molar-refractivity contribution in [3.8, 4) is 5.75 Å². The fourth-order valence-corrected chi connectivity index (χ4v) is 13.8. The van der Waals surface area contributed by atoms with Gasteiger partial charge in [0.15, 0.2) is 11.5 Å². The summed E-state index contributed by atoms with van der Waals surface area (Å²) in [5, 5.41) is 20.0. The number of carbonyl (C=O) groups excluding carboxylic acids is 4. The number of fused-ring (bicyclic) bond motifs is 4. The van der Waals surface area contributed by atoms with E-state index in [1.54, 1.807) is 43.6 Å².